The zero-order valence-electron chi connectivity index (χ0n) is 16.7. The second-order valence-corrected chi connectivity index (χ2v) is 8.57. The summed E-state index contributed by atoms with van der Waals surface area (Å²) < 4.78 is 15.7. The van der Waals surface area contributed by atoms with Crippen molar-refractivity contribution < 1.29 is 14.2 Å². The van der Waals surface area contributed by atoms with Crippen molar-refractivity contribution in [3.05, 3.63) is 64.7 Å². The predicted octanol–water partition coefficient (Wildman–Crippen LogP) is 5.04. The van der Waals surface area contributed by atoms with E-state index in [1.807, 2.05) is 42.5 Å². The number of aromatic nitrogens is 1. The number of thiazole rings is 1. The van der Waals surface area contributed by atoms with Crippen LogP contribution in [0.2, 0.25) is 0 Å². The van der Waals surface area contributed by atoms with E-state index in [9.17, 15) is 0 Å². The number of hydrogen-bond acceptors (Lipinski definition) is 6. The predicted molar refractivity (Wildman–Crippen MR) is 114 cm³/mol. The second-order valence-electron chi connectivity index (χ2n) is 7.46. The van der Waals surface area contributed by atoms with E-state index in [-0.39, 0.29) is 5.41 Å². The number of fused-ring (bicyclic) bond motifs is 1. The first-order valence-corrected chi connectivity index (χ1v) is 9.91. The maximum atomic E-state index is 5.88. The van der Waals surface area contributed by atoms with E-state index < -0.39 is 0 Å². The molecule has 0 saturated carbocycles. The highest BCUT2D eigenvalue weighted by atomic mass is 32.1. The van der Waals surface area contributed by atoms with Crippen molar-refractivity contribution in [2.45, 2.75) is 32.6 Å². The van der Waals surface area contributed by atoms with Crippen LogP contribution in [0.3, 0.4) is 0 Å². The molecule has 0 unspecified atom stereocenters. The van der Waals surface area contributed by atoms with Crippen LogP contribution in [0.1, 0.15) is 36.9 Å². The van der Waals surface area contributed by atoms with E-state index in [2.05, 4.69) is 31.8 Å². The molecule has 2 aromatic carbocycles. The summed E-state index contributed by atoms with van der Waals surface area (Å²) in [6, 6.07) is 15.7. The molecule has 1 aromatic heterocycles. The molecule has 148 valence electrons. The average Bonchev–Trinajstić information content (AvgIpc) is 3.28. The third-order valence-corrected chi connectivity index (χ3v) is 5.09. The third-order valence-electron chi connectivity index (χ3n) is 4.20. The van der Waals surface area contributed by atoms with Crippen molar-refractivity contribution in [2.24, 2.45) is 0 Å². The Morgan fingerprint density at radius 3 is 2.43 bits per heavy atom. The molecule has 6 heteroatoms. The Labute approximate surface area is 170 Å². The molecule has 0 bridgehead atoms. The van der Waals surface area contributed by atoms with Gasteiger partial charge in [0.25, 0.3) is 0 Å². The van der Waals surface area contributed by atoms with Crippen LogP contribution < -0.4 is 19.9 Å². The summed E-state index contributed by atoms with van der Waals surface area (Å²) in [6.07, 6.45) is 0.818. The molecule has 1 aliphatic heterocycles. The van der Waals surface area contributed by atoms with E-state index in [1.165, 1.54) is 10.4 Å². The number of nitrogen functional groups attached to an aromatic ring is 1. The van der Waals surface area contributed by atoms with Gasteiger partial charge in [-0.25, -0.2) is 4.98 Å². The van der Waals surface area contributed by atoms with Gasteiger partial charge in [-0.05, 0) is 29.8 Å². The number of hydrogen-bond donors (Lipinski definition) is 1. The molecule has 1 aliphatic rings. The summed E-state index contributed by atoms with van der Waals surface area (Å²) in [4.78, 5) is 5.71. The van der Waals surface area contributed by atoms with Crippen LogP contribution in [0, 0.1) is 0 Å². The maximum absolute atomic E-state index is 5.88. The molecular weight excluding hydrogens is 372 g/mol. The molecule has 0 radical (unpaired) electrons. The first-order chi connectivity index (χ1) is 13.4. The first kappa shape index (κ1) is 20.0. The molecule has 0 saturated heterocycles. The molecular formula is C22H26N2O3S. The molecule has 4 rings (SSSR count). The van der Waals surface area contributed by atoms with Crippen LogP contribution in [0.25, 0.3) is 0 Å². The molecule has 0 atom stereocenters. The van der Waals surface area contributed by atoms with Crippen LogP contribution in [0.15, 0.2) is 48.5 Å². The number of anilines is 1. The standard InChI is InChI=1S/C15H18N2O2S.C7H8O/c1-15(2,3)13-12(20-14(16)17-13)7-9-4-5-10-11(6-9)19-8-18-10;1-8-7-5-3-2-4-6-7/h4-6H,7-8H2,1-3H3,(H2,16,17);2-6H,1H3. The number of methoxy groups -OCH3 is 1. The van der Waals surface area contributed by atoms with E-state index in [0.717, 1.165) is 29.4 Å². The van der Waals surface area contributed by atoms with Crippen LogP contribution >= 0.6 is 11.3 Å². The quantitative estimate of drug-likeness (QED) is 0.670. The first-order valence-electron chi connectivity index (χ1n) is 9.10. The van der Waals surface area contributed by atoms with Gasteiger partial charge in [-0.15, -0.1) is 11.3 Å². The molecule has 2 N–H and O–H groups in total. The van der Waals surface area contributed by atoms with Crippen LogP contribution in [0.4, 0.5) is 5.13 Å². The highest BCUT2D eigenvalue weighted by Gasteiger charge is 2.23. The lowest BCUT2D eigenvalue weighted by Crippen LogP contribution is -2.14. The molecule has 0 aliphatic carbocycles. The lowest BCUT2D eigenvalue weighted by atomic mass is 9.90. The highest BCUT2D eigenvalue weighted by molar-refractivity contribution is 7.15. The Morgan fingerprint density at radius 1 is 1.07 bits per heavy atom. The number of ether oxygens (including phenoxy) is 3. The zero-order chi connectivity index (χ0) is 20.1. The summed E-state index contributed by atoms with van der Waals surface area (Å²) in [5, 5.41) is 0.630. The minimum Gasteiger partial charge on any atom is -0.497 e. The van der Waals surface area contributed by atoms with Gasteiger partial charge in [0.2, 0.25) is 6.79 Å². The summed E-state index contributed by atoms with van der Waals surface area (Å²) in [5.41, 5.74) is 8.15. The van der Waals surface area contributed by atoms with Gasteiger partial charge in [0.05, 0.1) is 12.8 Å². The molecule has 2 heterocycles. The van der Waals surface area contributed by atoms with Crippen molar-refractivity contribution in [1.82, 2.24) is 4.98 Å². The lowest BCUT2D eigenvalue weighted by Gasteiger charge is -2.17. The molecule has 3 aromatic rings. The van der Waals surface area contributed by atoms with E-state index in [1.54, 1.807) is 18.4 Å². The SMILES string of the molecule is CC(C)(C)c1nc(N)sc1Cc1ccc2c(c1)OCO2.COc1ccccc1. The van der Waals surface area contributed by atoms with Gasteiger partial charge in [-0.2, -0.15) is 0 Å². The second kappa shape index (κ2) is 8.52. The van der Waals surface area contributed by atoms with Gasteiger partial charge in [-0.1, -0.05) is 45.0 Å². The molecule has 0 fully saturated rings. The van der Waals surface area contributed by atoms with Gasteiger partial charge in [0.1, 0.15) is 5.75 Å². The van der Waals surface area contributed by atoms with E-state index >= 15 is 0 Å². The fourth-order valence-electron chi connectivity index (χ4n) is 2.87. The number of rotatable bonds is 3. The average molecular weight is 399 g/mol. The van der Waals surface area contributed by atoms with Crippen LogP contribution in [-0.2, 0) is 11.8 Å². The van der Waals surface area contributed by atoms with Gasteiger partial charge in [0.15, 0.2) is 16.6 Å². The van der Waals surface area contributed by atoms with Gasteiger partial charge in [0, 0.05) is 16.7 Å². The Kier molecular flexibility index (Phi) is 6.09. The lowest BCUT2D eigenvalue weighted by molar-refractivity contribution is 0.174. The number of benzene rings is 2. The topological polar surface area (TPSA) is 66.6 Å². The Hall–Kier alpha value is -2.73. The molecule has 0 amide bonds. The number of para-hydroxylation sites is 1. The maximum Gasteiger partial charge on any atom is 0.231 e. The minimum absolute atomic E-state index is 0.000206. The van der Waals surface area contributed by atoms with Crippen molar-refractivity contribution >= 4 is 16.5 Å². The number of nitrogens with two attached hydrogens (primary N) is 1. The van der Waals surface area contributed by atoms with Crippen LogP contribution in [-0.4, -0.2) is 18.9 Å². The van der Waals surface area contributed by atoms with Crippen molar-refractivity contribution in [2.75, 3.05) is 19.6 Å². The smallest absolute Gasteiger partial charge is 0.231 e. The fraction of sp³-hybridized carbons (Fsp3) is 0.318. The molecule has 0 spiro atoms. The van der Waals surface area contributed by atoms with Gasteiger partial charge in [-0.3, -0.25) is 0 Å². The Bertz CT molecular complexity index is 917. The third kappa shape index (κ3) is 4.95. The van der Waals surface area contributed by atoms with Crippen molar-refractivity contribution in [3.63, 3.8) is 0 Å². The minimum atomic E-state index is -0.000206. The molecule has 28 heavy (non-hydrogen) atoms. The number of nitrogens with zero attached hydrogens (tertiary/aromatic N) is 1. The van der Waals surface area contributed by atoms with Crippen LogP contribution in [0.5, 0.6) is 17.2 Å². The van der Waals surface area contributed by atoms with Crippen molar-refractivity contribution in [1.29, 1.82) is 0 Å². The highest BCUT2D eigenvalue weighted by Crippen LogP contribution is 2.36. The van der Waals surface area contributed by atoms with E-state index in [4.69, 9.17) is 19.9 Å². The summed E-state index contributed by atoms with van der Waals surface area (Å²) >= 11 is 1.56. The monoisotopic (exact) mass is 398 g/mol. The summed E-state index contributed by atoms with van der Waals surface area (Å²) in [6.45, 7) is 6.78. The fourth-order valence-corrected chi connectivity index (χ4v) is 3.95. The van der Waals surface area contributed by atoms with Gasteiger partial charge >= 0.3 is 0 Å². The summed E-state index contributed by atoms with van der Waals surface area (Å²) in [7, 11) is 1.66. The Balaban J connectivity index is 0.000000236. The normalized spacial score (nSPS) is 12.3. The van der Waals surface area contributed by atoms with Gasteiger partial charge < -0.3 is 19.9 Å². The van der Waals surface area contributed by atoms with Crippen molar-refractivity contribution in [3.8, 4) is 17.2 Å². The summed E-state index contributed by atoms with van der Waals surface area (Å²) in [5.74, 6) is 2.54. The van der Waals surface area contributed by atoms with E-state index in [0.29, 0.717) is 11.9 Å². The zero-order valence-corrected chi connectivity index (χ0v) is 17.5. The molecule has 5 nitrogen and oxygen atoms in total. The Morgan fingerprint density at radius 2 is 1.79 bits per heavy atom. The largest absolute Gasteiger partial charge is 0.497 e.